The molecule has 0 aliphatic heterocycles. The van der Waals surface area contributed by atoms with Gasteiger partial charge in [-0.25, -0.2) is 9.97 Å². The summed E-state index contributed by atoms with van der Waals surface area (Å²) >= 11 is 2.24. The molecule has 0 fully saturated rings. The van der Waals surface area contributed by atoms with Crippen LogP contribution in [0.15, 0.2) is 85.2 Å². The third kappa shape index (κ3) is 8.96. The van der Waals surface area contributed by atoms with Gasteiger partial charge in [-0.1, -0.05) is 18.2 Å². The molecule has 0 saturated carbocycles. The molecule has 4 rings (SSSR count). The number of hydrogen-bond acceptors (Lipinski definition) is 6. The zero-order valence-electron chi connectivity index (χ0n) is 16.7. The number of nitrogens with two attached hydrogens (primary N) is 2. The van der Waals surface area contributed by atoms with E-state index < -0.39 is 19.0 Å². The molecule has 4 aromatic rings. The molecule has 0 radical (unpaired) electrons. The predicted octanol–water partition coefficient (Wildman–Crippen LogP) is 3.24. The third-order valence-corrected chi connectivity index (χ3v) is 4.61. The maximum atomic E-state index is 12.5. The van der Waals surface area contributed by atoms with Gasteiger partial charge in [0, 0.05) is 38.4 Å². The molecular formula is C22H20BF2IN4O2. The van der Waals surface area contributed by atoms with E-state index in [1.807, 2.05) is 36.4 Å². The highest BCUT2D eigenvalue weighted by Gasteiger charge is 2.09. The predicted molar refractivity (Wildman–Crippen MR) is 132 cm³/mol. The second-order valence-corrected chi connectivity index (χ2v) is 7.58. The van der Waals surface area contributed by atoms with Gasteiger partial charge in [0.2, 0.25) is 11.9 Å². The van der Waals surface area contributed by atoms with Crippen LogP contribution in [0.2, 0.25) is 0 Å². The molecule has 0 amide bonds. The Morgan fingerprint density at radius 2 is 1.12 bits per heavy atom. The van der Waals surface area contributed by atoms with Gasteiger partial charge in [-0.05, 0) is 82.8 Å². The Balaban J connectivity index is 0.000000178. The smallest absolute Gasteiger partial charge is 0.423 e. The molecule has 0 bridgehead atoms. The lowest BCUT2D eigenvalue weighted by molar-refractivity contribution is 0.425. The molecule has 0 spiro atoms. The van der Waals surface area contributed by atoms with Crippen LogP contribution in [0.1, 0.15) is 0 Å². The average molecular weight is 548 g/mol. The van der Waals surface area contributed by atoms with E-state index >= 15 is 0 Å². The zero-order chi connectivity index (χ0) is 23.5. The molecule has 0 aliphatic carbocycles. The summed E-state index contributed by atoms with van der Waals surface area (Å²) in [6.07, 6.45) is 2.57. The minimum absolute atomic E-state index is 0.182. The van der Waals surface area contributed by atoms with Crippen molar-refractivity contribution in [3.05, 3.63) is 101 Å². The van der Waals surface area contributed by atoms with Crippen molar-refractivity contribution >= 4 is 46.5 Å². The lowest BCUT2D eigenvalue weighted by atomic mass is 9.82. The molecule has 6 N–H and O–H groups in total. The van der Waals surface area contributed by atoms with E-state index in [9.17, 15) is 8.78 Å². The first-order valence-electron chi connectivity index (χ1n) is 9.20. The average Bonchev–Trinajstić information content (AvgIpc) is 2.78. The van der Waals surface area contributed by atoms with Crippen molar-refractivity contribution in [1.82, 2.24) is 9.97 Å². The van der Waals surface area contributed by atoms with Crippen molar-refractivity contribution in [3.8, 4) is 11.1 Å². The van der Waals surface area contributed by atoms with Gasteiger partial charge in [-0.15, -0.1) is 0 Å². The standard InChI is InChI=1S/C11H9FN2.C6H6IN.C5H5BFNO2/c12-11-6-3-9(7-14-11)8-1-4-10(13)5-2-8;7-5-1-3-6(8)4-2-5;7-5-2-1-4(3-8-5)6(9)10/h1-7H,13H2;1-4H,8H2;1-3,9-10H. The minimum Gasteiger partial charge on any atom is -0.423 e. The van der Waals surface area contributed by atoms with E-state index in [0.29, 0.717) is 5.69 Å². The van der Waals surface area contributed by atoms with E-state index in [1.165, 1.54) is 21.9 Å². The molecule has 2 heterocycles. The van der Waals surface area contributed by atoms with Crippen LogP contribution in [-0.4, -0.2) is 27.1 Å². The quantitative estimate of drug-likeness (QED) is 0.132. The number of nitrogen functional groups attached to an aromatic ring is 2. The summed E-state index contributed by atoms with van der Waals surface area (Å²) in [4.78, 5) is 6.79. The van der Waals surface area contributed by atoms with Crippen molar-refractivity contribution in [2.45, 2.75) is 0 Å². The molecule has 6 nitrogen and oxygen atoms in total. The first-order valence-corrected chi connectivity index (χ1v) is 10.3. The number of aromatic nitrogens is 2. The van der Waals surface area contributed by atoms with Crippen molar-refractivity contribution in [3.63, 3.8) is 0 Å². The first kappa shape index (κ1) is 25.2. The molecule has 0 atom stereocenters. The van der Waals surface area contributed by atoms with E-state index in [-0.39, 0.29) is 5.46 Å². The third-order valence-electron chi connectivity index (χ3n) is 3.89. The number of hydrogen-bond donors (Lipinski definition) is 4. The Bertz CT molecular complexity index is 1020. The molecule has 2 aromatic heterocycles. The topological polar surface area (TPSA) is 118 Å². The van der Waals surface area contributed by atoms with Crippen molar-refractivity contribution in [2.75, 3.05) is 11.5 Å². The Hall–Kier alpha value is -3.09. The zero-order valence-corrected chi connectivity index (χ0v) is 18.9. The van der Waals surface area contributed by atoms with Crippen LogP contribution in [0.4, 0.5) is 20.2 Å². The lowest BCUT2D eigenvalue weighted by Gasteiger charge is -2.00. The summed E-state index contributed by atoms with van der Waals surface area (Å²) in [6, 6.07) is 20.5. The first-order chi connectivity index (χ1) is 15.2. The Labute approximate surface area is 198 Å². The normalized spacial score (nSPS) is 9.66. The maximum absolute atomic E-state index is 12.5. The summed E-state index contributed by atoms with van der Waals surface area (Å²) in [7, 11) is -1.58. The van der Waals surface area contributed by atoms with Crippen molar-refractivity contribution in [2.24, 2.45) is 0 Å². The van der Waals surface area contributed by atoms with Gasteiger partial charge < -0.3 is 21.5 Å². The Kier molecular flexibility index (Phi) is 9.99. The summed E-state index contributed by atoms with van der Waals surface area (Å²) in [5.41, 5.74) is 14.6. The summed E-state index contributed by atoms with van der Waals surface area (Å²) in [5.74, 6) is -1.10. The summed E-state index contributed by atoms with van der Waals surface area (Å²) < 4.78 is 25.8. The highest BCUT2D eigenvalue weighted by atomic mass is 127. The monoisotopic (exact) mass is 548 g/mol. The Morgan fingerprint density at radius 3 is 1.53 bits per heavy atom. The van der Waals surface area contributed by atoms with E-state index in [0.717, 1.165) is 29.1 Å². The van der Waals surface area contributed by atoms with Crippen LogP contribution in [0.3, 0.4) is 0 Å². The summed E-state index contributed by atoms with van der Waals surface area (Å²) in [5, 5.41) is 17.0. The molecular weight excluding hydrogens is 528 g/mol. The van der Waals surface area contributed by atoms with Gasteiger partial charge in [0.05, 0.1) is 0 Å². The van der Waals surface area contributed by atoms with Gasteiger partial charge in [0.1, 0.15) is 0 Å². The second kappa shape index (κ2) is 12.7. The number of rotatable bonds is 2. The van der Waals surface area contributed by atoms with E-state index in [1.54, 1.807) is 18.2 Å². The van der Waals surface area contributed by atoms with Gasteiger partial charge >= 0.3 is 7.12 Å². The fourth-order valence-corrected chi connectivity index (χ4v) is 2.58. The lowest BCUT2D eigenvalue weighted by Crippen LogP contribution is -2.30. The van der Waals surface area contributed by atoms with Crippen molar-refractivity contribution < 1.29 is 18.8 Å². The molecule has 0 aliphatic rings. The van der Waals surface area contributed by atoms with Gasteiger partial charge in [0.15, 0.2) is 0 Å². The van der Waals surface area contributed by atoms with Gasteiger partial charge in [0.25, 0.3) is 0 Å². The van der Waals surface area contributed by atoms with Crippen LogP contribution < -0.4 is 16.9 Å². The fraction of sp³-hybridized carbons (Fsp3) is 0. The van der Waals surface area contributed by atoms with Crippen LogP contribution in [0.25, 0.3) is 11.1 Å². The van der Waals surface area contributed by atoms with E-state index in [4.69, 9.17) is 21.5 Å². The molecule has 10 heteroatoms. The number of pyridine rings is 2. The molecule has 2 aromatic carbocycles. The van der Waals surface area contributed by atoms with Crippen LogP contribution in [0, 0.1) is 15.5 Å². The summed E-state index contributed by atoms with van der Waals surface area (Å²) in [6.45, 7) is 0. The van der Waals surface area contributed by atoms with E-state index in [2.05, 4.69) is 32.6 Å². The fourth-order valence-electron chi connectivity index (χ4n) is 2.22. The second-order valence-electron chi connectivity index (χ2n) is 6.33. The maximum Gasteiger partial charge on any atom is 0.490 e. The SMILES string of the molecule is Nc1ccc(-c2ccc(F)nc2)cc1.Nc1ccc(I)cc1.OB(O)c1ccc(F)nc1. The highest BCUT2D eigenvalue weighted by Crippen LogP contribution is 2.19. The minimum atomic E-state index is -1.58. The molecule has 32 heavy (non-hydrogen) atoms. The van der Waals surface area contributed by atoms with Crippen molar-refractivity contribution in [1.29, 1.82) is 0 Å². The molecule has 0 unspecified atom stereocenters. The van der Waals surface area contributed by atoms with Gasteiger partial charge in [-0.2, -0.15) is 8.78 Å². The number of benzene rings is 2. The van der Waals surface area contributed by atoms with Gasteiger partial charge in [-0.3, -0.25) is 0 Å². The number of nitrogens with zero attached hydrogens (tertiary/aromatic N) is 2. The number of halogens is 3. The van der Waals surface area contributed by atoms with Crippen LogP contribution >= 0.6 is 22.6 Å². The van der Waals surface area contributed by atoms with Crippen LogP contribution in [-0.2, 0) is 0 Å². The number of anilines is 2. The molecule has 164 valence electrons. The molecule has 0 saturated heterocycles. The van der Waals surface area contributed by atoms with Crippen LogP contribution in [0.5, 0.6) is 0 Å². The largest absolute Gasteiger partial charge is 0.490 e. The Morgan fingerprint density at radius 1 is 0.656 bits per heavy atom. The highest BCUT2D eigenvalue weighted by molar-refractivity contribution is 14.1.